The van der Waals surface area contributed by atoms with E-state index in [0.29, 0.717) is 16.3 Å². The van der Waals surface area contributed by atoms with E-state index in [4.69, 9.17) is 4.52 Å². The minimum atomic E-state index is -3.54. The first-order valence-corrected chi connectivity index (χ1v) is 9.20. The summed E-state index contributed by atoms with van der Waals surface area (Å²) in [5.74, 6) is 0.183. The van der Waals surface area contributed by atoms with Crippen molar-refractivity contribution in [1.82, 2.24) is 10.1 Å². The van der Waals surface area contributed by atoms with Gasteiger partial charge in [-0.3, -0.25) is 0 Å². The molecule has 0 N–H and O–H groups in total. The third-order valence-corrected chi connectivity index (χ3v) is 5.59. The Kier molecular flexibility index (Phi) is 4.24. The van der Waals surface area contributed by atoms with Crippen molar-refractivity contribution in [3.63, 3.8) is 0 Å². The van der Waals surface area contributed by atoms with Gasteiger partial charge in [0.1, 0.15) is 5.75 Å². The van der Waals surface area contributed by atoms with E-state index in [2.05, 4.69) is 10.1 Å². The van der Waals surface area contributed by atoms with Crippen LogP contribution in [0.15, 0.2) is 51.9 Å². The lowest BCUT2D eigenvalue weighted by atomic mass is 10.1. The van der Waals surface area contributed by atoms with E-state index >= 15 is 0 Å². The van der Waals surface area contributed by atoms with E-state index in [9.17, 15) is 8.42 Å². The lowest BCUT2D eigenvalue weighted by Crippen LogP contribution is -2.07. The maximum Gasteiger partial charge on any atom is 0.242 e. The van der Waals surface area contributed by atoms with Gasteiger partial charge in [-0.25, -0.2) is 8.42 Å². The van der Waals surface area contributed by atoms with Crippen LogP contribution in [-0.2, 0) is 15.6 Å². The molecular formula is C18H18N2O3S. The molecule has 6 heteroatoms. The Bertz CT molecular complexity index is 991. The fourth-order valence-corrected chi connectivity index (χ4v) is 4.06. The van der Waals surface area contributed by atoms with E-state index in [1.807, 2.05) is 44.2 Å². The molecule has 0 aliphatic heterocycles. The molecule has 0 radical (unpaired) electrons. The summed E-state index contributed by atoms with van der Waals surface area (Å²) in [5.41, 5.74) is 3.57. The second-order valence-electron chi connectivity index (χ2n) is 5.85. The largest absolute Gasteiger partial charge is 0.338 e. The average molecular weight is 342 g/mol. The standard InChI is InChI=1S/C18H18N2O3S/c1-12-8-9-16(14(3)10-12)24(21,22)11-17-19-18(20-23-17)15-7-5-4-6-13(15)2/h4-10H,11H2,1-3H3. The predicted octanol–water partition coefficient (Wildman–Crippen LogP) is 3.64. The molecule has 0 atom stereocenters. The van der Waals surface area contributed by atoms with Crippen molar-refractivity contribution in [2.45, 2.75) is 31.4 Å². The third kappa shape index (κ3) is 3.23. The van der Waals surface area contributed by atoms with Gasteiger partial charge in [-0.15, -0.1) is 0 Å². The summed E-state index contributed by atoms with van der Waals surface area (Å²) >= 11 is 0. The summed E-state index contributed by atoms with van der Waals surface area (Å²) in [6, 6.07) is 12.9. The molecule has 2 aromatic carbocycles. The average Bonchev–Trinajstić information content (AvgIpc) is 2.94. The summed E-state index contributed by atoms with van der Waals surface area (Å²) in [7, 11) is -3.54. The van der Waals surface area contributed by atoms with Gasteiger partial charge in [0, 0.05) is 5.56 Å². The summed E-state index contributed by atoms with van der Waals surface area (Å²) in [6.45, 7) is 5.65. The molecule has 0 amide bonds. The molecule has 0 spiro atoms. The van der Waals surface area contributed by atoms with Gasteiger partial charge in [0.15, 0.2) is 9.84 Å². The first-order valence-electron chi connectivity index (χ1n) is 7.55. The number of sulfone groups is 1. The Morgan fingerprint density at radius 1 is 1.00 bits per heavy atom. The van der Waals surface area contributed by atoms with Crippen LogP contribution < -0.4 is 0 Å². The number of benzene rings is 2. The van der Waals surface area contributed by atoms with Crippen LogP contribution in [0, 0.1) is 20.8 Å². The Hall–Kier alpha value is -2.47. The number of rotatable bonds is 4. The molecule has 0 aliphatic carbocycles. The Balaban J connectivity index is 1.90. The van der Waals surface area contributed by atoms with Crippen LogP contribution in [0.4, 0.5) is 0 Å². The number of aryl methyl sites for hydroxylation is 3. The number of aromatic nitrogens is 2. The normalized spacial score (nSPS) is 11.6. The molecule has 5 nitrogen and oxygen atoms in total. The summed E-state index contributed by atoms with van der Waals surface area (Å²) in [5, 5.41) is 3.91. The van der Waals surface area contributed by atoms with E-state index in [0.717, 1.165) is 16.7 Å². The Labute approximate surface area is 141 Å². The quantitative estimate of drug-likeness (QED) is 0.724. The van der Waals surface area contributed by atoms with Crippen molar-refractivity contribution in [3.8, 4) is 11.4 Å². The van der Waals surface area contributed by atoms with Crippen LogP contribution in [0.25, 0.3) is 11.4 Å². The summed E-state index contributed by atoms with van der Waals surface area (Å²) in [6.07, 6.45) is 0. The first kappa shape index (κ1) is 16.4. The van der Waals surface area contributed by atoms with Gasteiger partial charge in [0.25, 0.3) is 0 Å². The van der Waals surface area contributed by atoms with Crippen LogP contribution >= 0.6 is 0 Å². The molecule has 0 aliphatic rings. The predicted molar refractivity (Wildman–Crippen MR) is 91.3 cm³/mol. The van der Waals surface area contributed by atoms with Crippen LogP contribution in [0.1, 0.15) is 22.6 Å². The third-order valence-electron chi connectivity index (χ3n) is 3.83. The van der Waals surface area contributed by atoms with Crippen LogP contribution in [0.3, 0.4) is 0 Å². The summed E-state index contributed by atoms with van der Waals surface area (Å²) < 4.78 is 30.4. The zero-order chi connectivity index (χ0) is 17.3. The van der Waals surface area contributed by atoms with Gasteiger partial charge in [-0.1, -0.05) is 47.1 Å². The molecule has 0 unspecified atom stereocenters. The minimum Gasteiger partial charge on any atom is -0.338 e. The van der Waals surface area contributed by atoms with E-state index in [-0.39, 0.29) is 11.6 Å². The molecule has 1 heterocycles. The van der Waals surface area contributed by atoms with Gasteiger partial charge < -0.3 is 4.52 Å². The Morgan fingerprint density at radius 2 is 1.75 bits per heavy atom. The molecule has 0 saturated heterocycles. The highest BCUT2D eigenvalue weighted by Crippen LogP contribution is 2.23. The monoisotopic (exact) mass is 342 g/mol. The van der Waals surface area contributed by atoms with Crippen molar-refractivity contribution in [1.29, 1.82) is 0 Å². The number of hydrogen-bond donors (Lipinski definition) is 0. The lowest BCUT2D eigenvalue weighted by molar-refractivity contribution is 0.389. The highest BCUT2D eigenvalue weighted by Gasteiger charge is 2.22. The van der Waals surface area contributed by atoms with Crippen LogP contribution in [0.5, 0.6) is 0 Å². The van der Waals surface area contributed by atoms with Crippen molar-refractivity contribution >= 4 is 9.84 Å². The van der Waals surface area contributed by atoms with Crippen LogP contribution in [-0.4, -0.2) is 18.6 Å². The smallest absolute Gasteiger partial charge is 0.242 e. The molecule has 0 saturated carbocycles. The molecule has 0 bridgehead atoms. The highest BCUT2D eigenvalue weighted by atomic mass is 32.2. The maximum absolute atomic E-state index is 12.6. The minimum absolute atomic E-state index is 0.0910. The van der Waals surface area contributed by atoms with E-state index in [1.165, 1.54) is 0 Å². The molecule has 0 fully saturated rings. The molecule has 3 rings (SSSR count). The topological polar surface area (TPSA) is 73.1 Å². The SMILES string of the molecule is Cc1ccc(S(=O)(=O)Cc2nc(-c3ccccc3C)no2)c(C)c1. The highest BCUT2D eigenvalue weighted by molar-refractivity contribution is 7.90. The second-order valence-corrected chi connectivity index (χ2v) is 7.81. The van der Waals surface area contributed by atoms with Crippen LogP contribution in [0.2, 0.25) is 0 Å². The van der Waals surface area contributed by atoms with Gasteiger partial charge in [0.2, 0.25) is 11.7 Å². The Morgan fingerprint density at radius 3 is 2.46 bits per heavy atom. The maximum atomic E-state index is 12.6. The summed E-state index contributed by atoms with van der Waals surface area (Å²) in [4.78, 5) is 4.54. The van der Waals surface area contributed by atoms with Crippen molar-refractivity contribution in [2.24, 2.45) is 0 Å². The van der Waals surface area contributed by atoms with Gasteiger partial charge in [0.05, 0.1) is 4.90 Å². The molecule has 3 aromatic rings. The van der Waals surface area contributed by atoms with Gasteiger partial charge >= 0.3 is 0 Å². The van der Waals surface area contributed by atoms with Crippen molar-refractivity contribution in [3.05, 3.63) is 65.0 Å². The van der Waals surface area contributed by atoms with Crippen molar-refractivity contribution < 1.29 is 12.9 Å². The van der Waals surface area contributed by atoms with Gasteiger partial charge in [-0.05, 0) is 38.0 Å². The first-order chi connectivity index (χ1) is 11.4. The van der Waals surface area contributed by atoms with Gasteiger partial charge in [-0.2, -0.15) is 4.98 Å². The fraction of sp³-hybridized carbons (Fsp3) is 0.222. The number of nitrogens with zero attached hydrogens (tertiary/aromatic N) is 2. The van der Waals surface area contributed by atoms with Crippen molar-refractivity contribution in [2.75, 3.05) is 0 Å². The second kappa shape index (κ2) is 6.20. The fourth-order valence-electron chi connectivity index (χ4n) is 2.64. The van der Waals surface area contributed by atoms with E-state index < -0.39 is 9.84 Å². The molecular weight excluding hydrogens is 324 g/mol. The lowest BCUT2D eigenvalue weighted by Gasteiger charge is -2.06. The zero-order valence-electron chi connectivity index (χ0n) is 13.8. The van der Waals surface area contributed by atoms with E-state index in [1.54, 1.807) is 19.1 Å². The molecule has 24 heavy (non-hydrogen) atoms. The molecule has 124 valence electrons. The zero-order valence-corrected chi connectivity index (χ0v) is 14.6. The number of hydrogen-bond acceptors (Lipinski definition) is 5. The molecule has 1 aromatic heterocycles.